The second-order valence-corrected chi connectivity index (χ2v) is 5.77. The fourth-order valence-electron chi connectivity index (χ4n) is 2.09. The first-order valence-electron chi connectivity index (χ1n) is 6.79. The van der Waals surface area contributed by atoms with E-state index < -0.39 is 6.03 Å². The van der Waals surface area contributed by atoms with Gasteiger partial charge in [0.2, 0.25) is 0 Å². The van der Waals surface area contributed by atoms with E-state index >= 15 is 0 Å². The summed E-state index contributed by atoms with van der Waals surface area (Å²) in [5, 5.41) is 6.28. The number of amides is 3. The van der Waals surface area contributed by atoms with E-state index in [1.807, 2.05) is 6.92 Å². The van der Waals surface area contributed by atoms with Gasteiger partial charge in [-0.25, -0.2) is 4.79 Å². The first kappa shape index (κ1) is 17.1. The zero-order chi connectivity index (χ0) is 17.0. The number of hydrogen-bond acceptors (Lipinski definition) is 2. The molecule has 0 spiro atoms. The summed E-state index contributed by atoms with van der Waals surface area (Å²) in [6.07, 6.45) is 0. The normalized spacial score (nSPS) is 11.6. The summed E-state index contributed by atoms with van der Waals surface area (Å²) in [7, 11) is 0. The average molecular weight is 352 g/mol. The van der Waals surface area contributed by atoms with E-state index in [2.05, 4.69) is 10.6 Å². The van der Waals surface area contributed by atoms with Crippen LogP contribution in [0, 0.1) is 0 Å². The van der Waals surface area contributed by atoms with Crippen molar-refractivity contribution in [1.29, 1.82) is 0 Å². The highest BCUT2D eigenvalue weighted by Gasteiger charge is 2.14. The molecule has 0 saturated carbocycles. The van der Waals surface area contributed by atoms with Crippen LogP contribution < -0.4 is 16.4 Å². The highest BCUT2D eigenvalue weighted by Crippen LogP contribution is 2.26. The molecule has 2 rings (SSSR count). The standard InChI is InChI=1S/C16H15Cl2N3O2/c1-9(13-6-5-11(17)8-14(13)18)20-15(22)10-3-2-4-12(7-10)21-16(19)23/h2-9H,1H3,(H,20,22)(H3,19,21,23). The highest BCUT2D eigenvalue weighted by atomic mass is 35.5. The number of anilines is 1. The third-order valence-electron chi connectivity index (χ3n) is 3.17. The van der Waals surface area contributed by atoms with Gasteiger partial charge in [-0.2, -0.15) is 0 Å². The average Bonchev–Trinajstić information content (AvgIpc) is 2.46. The molecule has 5 nitrogen and oxygen atoms in total. The number of primary amides is 1. The highest BCUT2D eigenvalue weighted by molar-refractivity contribution is 6.35. The number of hydrogen-bond donors (Lipinski definition) is 3. The van der Waals surface area contributed by atoms with E-state index in [-0.39, 0.29) is 11.9 Å². The molecule has 0 heterocycles. The molecule has 120 valence electrons. The van der Waals surface area contributed by atoms with Gasteiger partial charge >= 0.3 is 6.03 Å². The Labute approximate surface area is 143 Å². The first-order chi connectivity index (χ1) is 10.9. The molecule has 0 aliphatic rings. The molecule has 7 heteroatoms. The number of nitrogens with two attached hydrogens (primary N) is 1. The lowest BCUT2D eigenvalue weighted by atomic mass is 10.1. The number of carbonyl (C=O) groups excluding carboxylic acids is 2. The lowest BCUT2D eigenvalue weighted by Gasteiger charge is -2.16. The molecule has 2 aromatic rings. The minimum Gasteiger partial charge on any atom is -0.351 e. The molecule has 4 N–H and O–H groups in total. The van der Waals surface area contributed by atoms with E-state index in [0.29, 0.717) is 21.3 Å². The monoisotopic (exact) mass is 351 g/mol. The van der Waals surface area contributed by atoms with Gasteiger partial charge in [-0.1, -0.05) is 35.3 Å². The molecule has 0 aromatic heterocycles. The fraction of sp³-hybridized carbons (Fsp3) is 0.125. The summed E-state index contributed by atoms with van der Waals surface area (Å²) in [5.74, 6) is -0.295. The third-order valence-corrected chi connectivity index (χ3v) is 3.73. The van der Waals surface area contributed by atoms with Crippen molar-refractivity contribution in [1.82, 2.24) is 5.32 Å². The minimum atomic E-state index is -0.691. The van der Waals surface area contributed by atoms with Crippen molar-refractivity contribution in [3.63, 3.8) is 0 Å². The van der Waals surface area contributed by atoms with Gasteiger partial charge in [0, 0.05) is 21.3 Å². The van der Waals surface area contributed by atoms with Crippen LogP contribution in [-0.2, 0) is 0 Å². The maximum absolute atomic E-state index is 12.3. The van der Waals surface area contributed by atoms with Gasteiger partial charge in [-0.3, -0.25) is 4.79 Å². The predicted molar refractivity (Wildman–Crippen MR) is 92.0 cm³/mol. The van der Waals surface area contributed by atoms with Gasteiger partial charge in [-0.15, -0.1) is 0 Å². The smallest absolute Gasteiger partial charge is 0.316 e. The molecule has 0 fully saturated rings. The van der Waals surface area contributed by atoms with Crippen molar-refractivity contribution in [2.24, 2.45) is 5.73 Å². The number of urea groups is 1. The maximum atomic E-state index is 12.3. The van der Waals surface area contributed by atoms with E-state index in [1.54, 1.807) is 36.4 Å². The summed E-state index contributed by atoms with van der Waals surface area (Å²) >= 11 is 12.0. The van der Waals surface area contributed by atoms with Crippen molar-refractivity contribution >= 4 is 40.8 Å². The molecule has 1 unspecified atom stereocenters. The van der Waals surface area contributed by atoms with E-state index in [4.69, 9.17) is 28.9 Å². The van der Waals surface area contributed by atoms with E-state index in [1.165, 1.54) is 6.07 Å². The zero-order valence-electron chi connectivity index (χ0n) is 12.3. The quantitative estimate of drug-likeness (QED) is 0.778. The molecule has 0 bridgehead atoms. The molecule has 0 radical (unpaired) electrons. The molecule has 3 amide bonds. The van der Waals surface area contributed by atoms with Gasteiger partial charge in [-0.05, 0) is 42.8 Å². The molecule has 0 aliphatic heterocycles. The number of halogens is 2. The minimum absolute atomic E-state index is 0.295. The van der Waals surface area contributed by atoms with Gasteiger partial charge < -0.3 is 16.4 Å². The second kappa shape index (κ2) is 7.35. The summed E-state index contributed by atoms with van der Waals surface area (Å²) in [5.41, 5.74) is 6.66. The van der Waals surface area contributed by atoms with Crippen molar-refractivity contribution in [3.8, 4) is 0 Å². The second-order valence-electron chi connectivity index (χ2n) is 4.93. The molecular weight excluding hydrogens is 337 g/mol. The van der Waals surface area contributed by atoms with Crippen molar-refractivity contribution in [2.45, 2.75) is 13.0 Å². The van der Waals surface area contributed by atoms with E-state index in [0.717, 1.165) is 5.56 Å². The van der Waals surface area contributed by atoms with Gasteiger partial charge in [0.05, 0.1) is 6.04 Å². The SMILES string of the molecule is CC(NC(=O)c1cccc(NC(N)=O)c1)c1ccc(Cl)cc1Cl. The lowest BCUT2D eigenvalue weighted by molar-refractivity contribution is 0.0940. The van der Waals surface area contributed by atoms with Gasteiger partial charge in [0.15, 0.2) is 0 Å². The first-order valence-corrected chi connectivity index (χ1v) is 7.54. The third kappa shape index (κ3) is 4.61. The van der Waals surface area contributed by atoms with Crippen LogP contribution in [0.2, 0.25) is 10.0 Å². The predicted octanol–water partition coefficient (Wildman–Crippen LogP) is 3.98. The Kier molecular flexibility index (Phi) is 5.47. The Morgan fingerprint density at radius 3 is 2.52 bits per heavy atom. The molecule has 0 saturated heterocycles. The topological polar surface area (TPSA) is 84.2 Å². The number of benzene rings is 2. The Hall–Kier alpha value is -2.24. The molecule has 23 heavy (non-hydrogen) atoms. The van der Waals surface area contributed by atoms with Crippen LogP contribution in [0.4, 0.5) is 10.5 Å². The zero-order valence-corrected chi connectivity index (χ0v) is 13.8. The Bertz CT molecular complexity index is 750. The van der Waals surface area contributed by atoms with Crippen LogP contribution in [0.25, 0.3) is 0 Å². The van der Waals surface area contributed by atoms with Crippen LogP contribution in [0.1, 0.15) is 28.9 Å². The summed E-state index contributed by atoms with van der Waals surface area (Å²) in [6, 6.07) is 10.6. The van der Waals surface area contributed by atoms with Gasteiger partial charge in [0.25, 0.3) is 5.91 Å². The van der Waals surface area contributed by atoms with Crippen LogP contribution >= 0.6 is 23.2 Å². The van der Waals surface area contributed by atoms with Crippen LogP contribution in [-0.4, -0.2) is 11.9 Å². The van der Waals surface area contributed by atoms with Crippen molar-refractivity contribution in [2.75, 3.05) is 5.32 Å². The summed E-state index contributed by atoms with van der Waals surface area (Å²) < 4.78 is 0. The molecule has 2 aromatic carbocycles. The summed E-state index contributed by atoms with van der Waals surface area (Å²) in [4.78, 5) is 23.2. The van der Waals surface area contributed by atoms with Crippen LogP contribution in [0.5, 0.6) is 0 Å². The van der Waals surface area contributed by atoms with E-state index in [9.17, 15) is 9.59 Å². The number of carbonyl (C=O) groups is 2. The Balaban J connectivity index is 2.13. The van der Waals surface area contributed by atoms with Crippen molar-refractivity contribution < 1.29 is 9.59 Å². The Morgan fingerprint density at radius 2 is 1.87 bits per heavy atom. The van der Waals surface area contributed by atoms with Crippen molar-refractivity contribution in [3.05, 3.63) is 63.6 Å². The van der Waals surface area contributed by atoms with Gasteiger partial charge in [0.1, 0.15) is 0 Å². The number of rotatable bonds is 4. The Morgan fingerprint density at radius 1 is 1.13 bits per heavy atom. The number of nitrogens with one attached hydrogen (secondary N) is 2. The largest absolute Gasteiger partial charge is 0.351 e. The van der Waals surface area contributed by atoms with Crippen LogP contribution in [0.15, 0.2) is 42.5 Å². The van der Waals surface area contributed by atoms with Crippen LogP contribution in [0.3, 0.4) is 0 Å². The maximum Gasteiger partial charge on any atom is 0.316 e. The fourth-order valence-corrected chi connectivity index (χ4v) is 2.66. The molecule has 0 aliphatic carbocycles. The summed E-state index contributed by atoms with van der Waals surface area (Å²) in [6.45, 7) is 1.82. The lowest BCUT2D eigenvalue weighted by Crippen LogP contribution is -2.27. The molecular formula is C16H15Cl2N3O2. The molecule has 1 atom stereocenters.